The lowest BCUT2D eigenvalue weighted by molar-refractivity contribution is 0.808. The van der Waals surface area contributed by atoms with Gasteiger partial charge in [0.25, 0.3) is 0 Å². The number of pyridine rings is 1. The maximum Gasteiger partial charge on any atom is 0.191 e. The minimum atomic E-state index is 0. The van der Waals surface area contributed by atoms with Crippen LogP contribution in [0.5, 0.6) is 0 Å². The van der Waals surface area contributed by atoms with E-state index < -0.39 is 0 Å². The third kappa shape index (κ3) is 5.52. The summed E-state index contributed by atoms with van der Waals surface area (Å²) in [5, 5.41) is 6.66. The molecule has 6 heteroatoms. The van der Waals surface area contributed by atoms with E-state index >= 15 is 0 Å². The second kappa shape index (κ2) is 8.28. The first-order valence-corrected chi connectivity index (χ1v) is 6.87. The van der Waals surface area contributed by atoms with Crippen molar-refractivity contribution in [3.8, 4) is 0 Å². The molecule has 1 aromatic rings. The second-order valence-corrected chi connectivity index (χ2v) is 5.00. The van der Waals surface area contributed by atoms with Crippen molar-refractivity contribution in [1.82, 2.24) is 15.6 Å². The summed E-state index contributed by atoms with van der Waals surface area (Å²) in [5.41, 5.74) is 0.985. The van der Waals surface area contributed by atoms with Gasteiger partial charge in [0.05, 0.1) is 12.2 Å². The van der Waals surface area contributed by atoms with Crippen molar-refractivity contribution >= 4 is 35.8 Å². The average molecular weight is 389 g/mol. The number of halogens is 1. The Kier molecular flexibility index (Phi) is 7.04. The average Bonchev–Trinajstić information content (AvgIpc) is 3.20. The number of guanidine groups is 1. The molecule has 0 spiro atoms. The highest BCUT2D eigenvalue weighted by Gasteiger charge is 2.21. The van der Waals surface area contributed by atoms with Crippen LogP contribution in [-0.2, 0) is 6.54 Å². The van der Waals surface area contributed by atoms with Crippen LogP contribution in [0.25, 0.3) is 0 Å². The summed E-state index contributed by atoms with van der Waals surface area (Å²) >= 11 is 0. The van der Waals surface area contributed by atoms with E-state index in [9.17, 15) is 0 Å². The van der Waals surface area contributed by atoms with Crippen molar-refractivity contribution < 1.29 is 0 Å². The van der Waals surface area contributed by atoms with Gasteiger partial charge >= 0.3 is 0 Å². The van der Waals surface area contributed by atoms with E-state index in [0.717, 1.165) is 24.0 Å². The molecule has 0 saturated heterocycles. The molecule has 2 rings (SSSR count). The van der Waals surface area contributed by atoms with Crippen LogP contribution >= 0.6 is 24.0 Å². The van der Waals surface area contributed by atoms with Crippen LogP contribution in [0.1, 0.15) is 25.5 Å². The zero-order chi connectivity index (χ0) is 13.7. The molecule has 1 saturated carbocycles. The molecule has 112 valence electrons. The van der Waals surface area contributed by atoms with Crippen molar-refractivity contribution in [3.63, 3.8) is 0 Å². The zero-order valence-electron chi connectivity index (χ0n) is 12.4. The number of nitrogens with zero attached hydrogens (tertiary/aromatic N) is 3. The van der Waals surface area contributed by atoms with Gasteiger partial charge in [-0.2, -0.15) is 0 Å². The molecule has 2 N–H and O–H groups in total. The van der Waals surface area contributed by atoms with Gasteiger partial charge in [-0.05, 0) is 31.9 Å². The molecular formula is C14H24IN5. The molecule has 5 nitrogen and oxygen atoms in total. The maximum absolute atomic E-state index is 4.58. The van der Waals surface area contributed by atoms with E-state index in [1.165, 1.54) is 12.8 Å². The predicted molar refractivity (Wildman–Crippen MR) is 95.0 cm³/mol. The first kappa shape index (κ1) is 17.0. The van der Waals surface area contributed by atoms with Gasteiger partial charge in [0.1, 0.15) is 5.82 Å². The number of hydrogen-bond acceptors (Lipinski definition) is 3. The molecule has 0 bridgehead atoms. The molecule has 0 radical (unpaired) electrons. The lowest BCUT2D eigenvalue weighted by Crippen LogP contribution is -2.38. The van der Waals surface area contributed by atoms with Crippen molar-refractivity contribution in [2.24, 2.45) is 4.99 Å². The van der Waals surface area contributed by atoms with E-state index in [2.05, 4.69) is 27.5 Å². The molecule has 0 atom stereocenters. The lowest BCUT2D eigenvalue weighted by atomic mass is 10.3. The summed E-state index contributed by atoms with van der Waals surface area (Å²) in [6.45, 7) is 3.56. The van der Waals surface area contributed by atoms with E-state index in [0.29, 0.717) is 12.6 Å². The highest BCUT2D eigenvalue weighted by molar-refractivity contribution is 14.0. The van der Waals surface area contributed by atoms with Crippen LogP contribution in [0.4, 0.5) is 5.82 Å². The summed E-state index contributed by atoms with van der Waals surface area (Å²) in [5.74, 6) is 1.86. The lowest BCUT2D eigenvalue weighted by Gasteiger charge is -2.12. The number of rotatable bonds is 5. The molecule has 0 unspecified atom stereocenters. The van der Waals surface area contributed by atoms with Crippen LogP contribution in [0.15, 0.2) is 23.2 Å². The van der Waals surface area contributed by atoms with Gasteiger partial charge in [0, 0.05) is 26.7 Å². The fourth-order valence-electron chi connectivity index (χ4n) is 1.71. The maximum atomic E-state index is 4.58. The topological polar surface area (TPSA) is 52.6 Å². The van der Waals surface area contributed by atoms with Crippen LogP contribution in [0.2, 0.25) is 0 Å². The molecule has 1 aliphatic rings. The third-order valence-electron chi connectivity index (χ3n) is 2.91. The standard InChI is InChI=1S/C14H23N5.HI/c1-4-15-14(18-11-8-9-11)16-10-12-6-5-7-13(17-12)19(2)3;/h5-7,11H,4,8-10H2,1-3H3,(H2,15,16,18);1H. The van der Waals surface area contributed by atoms with Crippen molar-refractivity contribution in [2.75, 3.05) is 25.5 Å². The Morgan fingerprint density at radius 1 is 1.40 bits per heavy atom. The van der Waals surface area contributed by atoms with E-state index in [-0.39, 0.29) is 24.0 Å². The monoisotopic (exact) mass is 389 g/mol. The summed E-state index contributed by atoms with van der Waals surface area (Å²) in [4.78, 5) is 11.1. The Labute approximate surface area is 138 Å². The minimum Gasteiger partial charge on any atom is -0.363 e. The number of nitrogens with one attached hydrogen (secondary N) is 2. The van der Waals surface area contributed by atoms with Gasteiger partial charge in [-0.1, -0.05) is 6.07 Å². The normalized spacial score (nSPS) is 14.4. The van der Waals surface area contributed by atoms with E-state index in [4.69, 9.17) is 0 Å². The fourth-order valence-corrected chi connectivity index (χ4v) is 1.71. The van der Waals surface area contributed by atoms with Gasteiger partial charge in [0.15, 0.2) is 5.96 Å². The third-order valence-corrected chi connectivity index (χ3v) is 2.91. The smallest absolute Gasteiger partial charge is 0.191 e. The molecule has 1 heterocycles. The largest absolute Gasteiger partial charge is 0.363 e. The van der Waals surface area contributed by atoms with Crippen LogP contribution in [0, 0.1) is 0 Å². The Hall–Kier alpha value is -1.05. The predicted octanol–water partition coefficient (Wildman–Crippen LogP) is 1.98. The Morgan fingerprint density at radius 2 is 2.15 bits per heavy atom. The number of anilines is 1. The SMILES string of the molecule is CCNC(=NCc1cccc(N(C)C)n1)NC1CC1.I. The Balaban J connectivity index is 0.00000200. The number of aliphatic imine (C=N–C) groups is 1. The van der Waals surface area contributed by atoms with Crippen LogP contribution in [0.3, 0.4) is 0 Å². The van der Waals surface area contributed by atoms with Crippen LogP contribution in [-0.4, -0.2) is 37.6 Å². The summed E-state index contributed by atoms with van der Waals surface area (Å²) in [7, 11) is 3.99. The van der Waals surface area contributed by atoms with Gasteiger partial charge < -0.3 is 15.5 Å². The Morgan fingerprint density at radius 3 is 2.75 bits per heavy atom. The zero-order valence-corrected chi connectivity index (χ0v) is 14.7. The first-order chi connectivity index (χ1) is 9.19. The molecule has 0 amide bonds. The fraction of sp³-hybridized carbons (Fsp3) is 0.571. The van der Waals surface area contributed by atoms with Gasteiger partial charge in [-0.25, -0.2) is 9.98 Å². The molecule has 0 aliphatic heterocycles. The minimum absolute atomic E-state index is 0. The molecule has 0 aromatic carbocycles. The summed E-state index contributed by atoms with van der Waals surface area (Å²) in [6.07, 6.45) is 2.50. The van der Waals surface area contributed by atoms with Crippen molar-refractivity contribution in [1.29, 1.82) is 0 Å². The van der Waals surface area contributed by atoms with Gasteiger partial charge in [0.2, 0.25) is 0 Å². The van der Waals surface area contributed by atoms with Gasteiger partial charge in [-0.15, -0.1) is 24.0 Å². The quantitative estimate of drug-likeness (QED) is 0.460. The van der Waals surface area contributed by atoms with Crippen LogP contribution < -0.4 is 15.5 Å². The highest BCUT2D eigenvalue weighted by atomic mass is 127. The molecule has 20 heavy (non-hydrogen) atoms. The summed E-state index contributed by atoms with van der Waals surface area (Å²) in [6, 6.07) is 6.64. The van der Waals surface area contributed by atoms with Crippen molar-refractivity contribution in [2.45, 2.75) is 32.4 Å². The van der Waals surface area contributed by atoms with E-state index in [1.54, 1.807) is 0 Å². The molecular weight excluding hydrogens is 365 g/mol. The van der Waals surface area contributed by atoms with Gasteiger partial charge in [-0.3, -0.25) is 0 Å². The molecule has 1 aromatic heterocycles. The highest BCUT2D eigenvalue weighted by Crippen LogP contribution is 2.18. The first-order valence-electron chi connectivity index (χ1n) is 6.87. The molecule has 1 aliphatic carbocycles. The number of aromatic nitrogens is 1. The van der Waals surface area contributed by atoms with E-state index in [1.807, 2.05) is 37.2 Å². The number of hydrogen-bond donors (Lipinski definition) is 2. The second-order valence-electron chi connectivity index (χ2n) is 5.00. The molecule has 1 fully saturated rings. The Bertz CT molecular complexity index is 443. The summed E-state index contributed by atoms with van der Waals surface area (Å²) < 4.78 is 0. The van der Waals surface area contributed by atoms with Crippen molar-refractivity contribution in [3.05, 3.63) is 23.9 Å².